The third-order valence-corrected chi connectivity index (χ3v) is 10.3. The first kappa shape index (κ1) is 20.9. The van der Waals surface area contributed by atoms with Gasteiger partial charge in [-0.1, -0.05) is 32.4 Å². The van der Waals surface area contributed by atoms with Gasteiger partial charge in [0.1, 0.15) is 5.60 Å². The van der Waals surface area contributed by atoms with E-state index in [0.717, 1.165) is 44.9 Å². The molecular formula is C27H40O4. The molecule has 6 rings (SSSR count). The van der Waals surface area contributed by atoms with Crippen LogP contribution in [-0.4, -0.2) is 34.6 Å². The molecule has 6 aliphatic rings. The van der Waals surface area contributed by atoms with Crippen molar-refractivity contribution in [2.75, 3.05) is 13.2 Å². The predicted octanol–water partition coefficient (Wildman–Crippen LogP) is 5.10. The van der Waals surface area contributed by atoms with Gasteiger partial charge in [-0.05, 0) is 98.0 Å². The summed E-state index contributed by atoms with van der Waals surface area (Å²) in [7, 11) is 0. The first-order chi connectivity index (χ1) is 14.7. The molecule has 0 radical (unpaired) electrons. The van der Waals surface area contributed by atoms with E-state index in [1.807, 2.05) is 0 Å². The van der Waals surface area contributed by atoms with Crippen molar-refractivity contribution >= 4 is 0 Å². The normalized spacial score (nSPS) is 49.8. The Morgan fingerprint density at radius 2 is 2.03 bits per heavy atom. The van der Waals surface area contributed by atoms with Crippen LogP contribution in [0.1, 0.15) is 85.0 Å². The van der Waals surface area contributed by atoms with Crippen molar-refractivity contribution in [3.05, 3.63) is 22.8 Å². The SMILES string of the molecule is CC1(C)COOC2(CCC3=C(CC[C@@H]4C3=CC[C@@]3(C)[C@H]4[C@@H]4C[C@@H]4[C@@]3(O)CCCO)C2)C1. The molecule has 5 aliphatic carbocycles. The van der Waals surface area contributed by atoms with Gasteiger partial charge >= 0.3 is 0 Å². The molecule has 1 aliphatic heterocycles. The van der Waals surface area contributed by atoms with Crippen molar-refractivity contribution < 1.29 is 20.0 Å². The fourth-order valence-corrected chi connectivity index (χ4v) is 9.09. The fraction of sp³-hybridized carbons (Fsp3) is 0.852. The molecule has 1 saturated heterocycles. The lowest BCUT2D eigenvalue weighted by Gasteiger charge is -2.54. The van der Waals surface area contributed by atoms with E-state index >= 15 is 0 Å². The number of hydrogen-bond donors (Lipinski definition) is 2. The highest BCUT2D eigenvalue weighted by Gasteiger charge is 2.74. The smallest absolute Gasteiger partial charge is 0.108 e. The van der Waals surface area contributed by atoms with Gasteiger partial charge < -0.3 is 10.2 Å². The van der Waals surface area contributed by atoms with Gasteiger partial charge in [-0.15, -0.1) is 0 Å². The van der Waals surface area contributed by atoms with Crippen LogP contribution in [0.25, 0.3) is 0 Å². The van der Waals surface area contributed by atoms with E-state index in [9.17, 15) is 10.2 Å². The molecule has 3 fully saturated rings. The number of aliphatic hydroxyl groups excluding tert-OH is 1. The molecule has 7 atom stereocenters. The van der Waals surface area contributed by atoms with Crippen LogP contribution in [0.2, 0.25) is 0 Å². The van der Waals surface area contributed by atoms with Gasteiger partial charge in [0, 0.05) is 18.4 Å². The largest absolute Gasteiger partial charge is 0.396 e. The maximum Gasteiger partial charge on any atom is 0.108 e. The molecule has 0 aromatic carbocycles. The maximum absolute atomic E-state index is 11.8. The number of allylic oxidation sites excluding steroid dienone is 3. The molecule has 4 heteroatoms. The van der Waals surface area contributed by atoms with Crippen LogP contribution >= 0.6 is 0 Å². The lowest BCUT2D eigenvalue weighted by Crippen LogP contribution is -2.52. The van der Waals surface area contributed by atoms with E-state index in [1.165, 1.54) is 19.3 Å². The van der Waals surface area contributed by atoms with Crippen molar-refractivity contribution in [3.63, 3.8) is 0 Å². The summed E-state index contributed by atoms with van der Waals surface area (Å²) < 4.78 is 0. The molecular weight excluding hydrogens is 388 g/mol. The Bertz CT molecular complexity index is 842. The standard InChI is InChI=1S/C27H40O4/c1-24(2)15-26(31-30-16-24)11-8-18-17(14-26)5-6-20-19(18)7-10-25(3)23(20)21-13-22(21)27(25,29)9-4-12-28/h7,20-23,28-29H,4-6,8-16H2,1-3H3/t20-,21-,22+,23-,25+,26?,27+/m1/s1. The highest BCUT2D eigenvalue weighted by atomic mass is 17.2. The Hall–Kier alpha value is -0.680. The average molecular weight is 429 g/mol. The Morgan fingerprint density at radius 1 is 1.19 bits per heavy atom. The number of fused-ring (bicyclic) bond motifs is 6. The Kier molecular flexibility index (Phi) is 4.50. The van der Waals surface area contributed by atoms with Crippen molar-refractivity contribution in [1.29, 1.82) is 0 Å². The summed E-state index contributed by atoms with van der Waals surface area (Å²) in [5.74, 6) is 2.38. The topological polar surface area (TPSA) is 58.9 Å². The van der Waals surface area contributed by atoms with E-state index < -0.39 is 5.60 Å². The Morgan fingerprint density at radius 3 is 2.81 bits per heavy atom. The van der Waals surface area contributed by atoms with Gasteiger partial charge in [0.05, 0.1) is 12.2 Å². The predicted molar refractivity (Wildman–Crippen MR) is 119 cm³/mol. The zero-order valence-corrected chi connectivity index (χ0v) is 19.6. The van der Waals surface area contributed by atoms with Crippen LogP contribution in [0.4, 0.5) is 0 Å². The quantitative estimate of drug-likeness (QED) is 0.614. The third-order valence-electron chi connectivity index (χ3n) is 10.3. The molecule has 0 aromatic heterocycles. The summed E-state index contributed by atoms with van der Waals surface area (Å²) in [4.78, 5) is 11.6. The third kappa shape index (κ3) is 2.87. The minimum atomic E-state index is -0.586. The van der Waals surface area contributed by atoms with E-state index in [1.54, 1.807) is 16.7 Å². The Balaban J connectivity index is 1.30. The second-order valence-electron chi connectivity index (χ2n) is 12.8. The molecule has 172 valence electrons. The molecule has 4 nitrogen and oxygen atoms in total. The second kappa shape index (κ2) is 6.68. The van der Waals surface area contributed by atoms with Crippen LogP contribution in [0.5, 0.6) is 0 Å². The van der Waals surface area contributed by atoms with Crippen molar-refractivity contribution in [1.82, 2.24) is 0 Å². The summed E-state index contributed by atoms with van der Waals surface area (Å²) in [6.45, 7) is 7.84. The first-order valence-electron chi connectivity index (χ1n) is 12.8. The fourth-order valence-electron chi connectivity index (χ4n) is 9.09. The second-order valence-corrected chi connectivity index (χ2v) is 12.8. The maximum atomic E-state index is 11.8. The zero-order valence-electron chi connectivity index (χ0n) is 19.6. The first-order valence-corrected chi connectivity index (χ1v) is 12.8. The molecule has 1 heterocycles. The Labute approximate surface area is 187 Å². The molecule has 0 aromatic rings. The zero-order chi connectivity index (χ0) is 21.6. The minimum Gasteiger partial charge on any atom is -0.396 e. The van der Waals surface area contributed by atoms with Gasteiger partial charge in [0.25, 0.3) is 0 Å². The summed E-state index contributed by atoms with van der Waals surface area (Å²) in [5.41, 5.74) is 4.34. The van der Waals surface area contributed by atoms with Crippen LogP contribution in [-0.2, 0) is 9.78 Å². The summed E-state index contributed by atoms with van der Waals surface area (Å²) in [6.07, 6.45) is 12.9. The number of hydrogen-bond acceptors (Lipinski definition) is 4. The monoisotopic (exact) mass is 428 g/mol. The van der Waals surface area contributed by atoms with E-state index in [0.29, 0.717) is 30.3 Å². The summed E-state index contributed by atoms with van der Waals surface area (Å²) >= 11 is 0. The molecule has 2 saturated carbocycles. The lowest BCUT2D eigenvalue weighted by molar-refractivity contribution is -0.406. The van der Waals surface area contributed by atoms with Crippen LogP contribution < -0.4 is 0 Å². The summed E-state index contributed by atoms with van der Waals surface area (Å²) in [5, 5.41) is 21.3. The highest BCUT2D eigenvalue weighted by Crippen LogP contribution is 2.75. The average Bonchev–Trinajstić information content (AvgIpc) is 3.47. The number of aliphatic hydroxyl groups is 2. The van der Waals surface area contributed by atoms with Crippen molar-refractivity contribution in [2.24, 2.45) is 34.5 Å². The highest BCUT2D eigenvalue weighted by molar-refractivity contribution is 5.46. The number of rotatable bonds is 3. The molecule has 0 amide bonds. The van der Waals surface area contributed by atoms with Crippen LogP contribution in [0.3, 0.4) is 0 Å². The van der Waals surface area contributed by atoms with Gasteiger partial charge in [-0.3, -0.25) is 0 Å². The molecule has 0 bridgehead atoms. The molecule has 31 heavy (non-hydrogen) atoms. The van der Waals surface area contributed by atoms with Crippen molar-refractivity contribution in [2.45, 2.75) is 96.2 Å². The van der Waals surface area contributed by atoms with Crippen LogP contribution in [0, 0.1) is 34.5 Å². The van der Waals surface area contributed by atoms with Gasteiger partial charge in [0.2, 0.25) is 0 Å². The van der Waals surface area contributed by atoms with E-state index in [2.05, 4.69) is 26.8 Å². The molecule has 1 unspecified atom stereocenters. The van der Waals surface area contributed by atoms with Gasteiger partial charge in [0.15, 0.2) is 0 Å². The van der Waals surface area contributed by atoms with E-state index in [-0.39, 0.29) is 23.0 Å². The minimum absolute atomic E-state index is 0.0256. The molecule has 1 spiro atoms. The van der Waals surface area contributed by atoms with Crippen LogP contribution in [0.15, 0.2) is 22.8 Å². The molecule has 2 N–H and O–H groups in total. The lowest BCUT2D eigenvalue weighted by atomic mass is 9.53. The van der Waals surface area contributed by atoms with E-state index in [4.69, 9.17) is 9.78 Å². The van der Waals surface area contributed by atoms with Crippen molar-refractivity contribution in [3.8, 4) is 0 Å². The van der Waals surface area contributed by atoms with Gasteiger partial charge in [-0.2, -0.15) is 0 Å². The summed E-state index contributed by atoms with van der Waals surface area (Å²) in [6, 6.07) is 0. The van der Waals surface area contributed by atoms with Gasteiger partial charge in [-0.25, -0.2) is 9.78 Å².